The van der Waals surface area contributed by atoms with E-state index in [-0.39, 0.29) is 19.6 Å². The summed E-state index contributed by atoms with van der Waals surface area (Å²) in [6.45, 7) is 2.32. The summed E-state index contributed by atoms with van der Waals surface area (Å²) in [5.41, 5.74) is 4.95. The largest absolute Gasteiger partial charge is 0.395 e. The first-order valence-electron chi connectivity index (χ1n) is 4.96. The second-order valence-corrected chi connectivity index (χ2v) is 3.88. The Balaban J connectivity index is 3.87. The first kappa shape index (κ1) is 14.7. The van der Waals surface area contributed by atoms with Crippen LogP contribution >= 0.6 is 0 Å². The van der Waals surface area contributed by atoms with Crippen molar-refractivity contribution in [3.05, 3.63) is 0 Å². The molecule has 0 aliphatic carbocycles. The van der Waals surface area contributed by atoms with Gasteiger partial charge in [-0.3, -0.25) is 0 Å². The Labute approximate surface area is 87.8 Å². The minimum absolute atomic E-state index is 0.0468. The zero-order valence-corrected chi connectivity index (χ0v) is 8.90. The standard InChI is InChI=1S/C9H19F3N2O/c1-8(7-13,14-5-6-15)3-2-4-9(10,11)12/h14-15H,2-7,13H2,1H3. The van der Waals surface area contributed by atoms with E-state index < -0.39 is 18.1 Å². The van der Waals surface area contributed by atoms with Crippen molar-refractivity contribution in [3.63, 3.8) is 0 Å². The van der Waals surface area contributed by atoms with E-state index in [4.69, 9.17) is 10.8 Å². The Bertz CT molecular complexity index is 175. The molecule has 0 aliphatic rings. The lowest BCUT2D eigenvalue weighted by atomic mass is 9.95. The van der Waals surface area contributed by atoms with E-state index in [9.17, 15) is 13.2 Å². The summed E-state index contributed by atoms with van der Waals surface area (Å²) in [4.78, 5) is 0. The molecule has 0 heterocycles. The maximum absolute atomic E-state index is 11.9. The normalized spacial score (nSPS) is 16.4. The van der Waals surface area contributed by atoms with Crippen LogP contribution in [0, 0.1) is 0 Å². The molecule has 0 aliphatic heterocycles. The average Bonchev–Trinajstić information content (AvgIpc) is 2.13. The van der Waals surface area contributed by atoms with Crippen molar-refractivity contribution < 1.29 is 18.3 Å². The average molecular weight is 228 g/mol. The third-order valence-electron chi connectivity index (χ3n) is 2.30. The van der Waals surface area contributed by atoms with Gasteiger partial charge in [-0.2, -0.15) is 13.2 Å². The van der Waals surface area contributed by atoms with Crippen LogP contribution in [-0.2, 0) is 0 Å². The summed E-state index contributed by atoms with van der Waals surface area (Å²) in [5, 5.41) is 11.5. The summed E-state index contributed by atoms with van der Waals surface area (Å²) in [7, 11) is 0. The third kappa shape index (κ3) is 7.58. The van der Waals surface area contributed by atoms with Crippen LogP contribution < -0.4 is 11.1 Å². The molecule has 0 aromatic heterocycles. The van der Waals surface area contributed by atoms with Gasteiger partial charge >= 0.3 is 6.18 Å². The van der Waals surface area contributed by atoms with Crippen LogP contribution in [0.2, 0.25) is 0 Å². The van der Waals surface area contributed by atoms with E-state index in [1.54, 1.807) is 6.92 Å². The number of hydrogen-bond donors (Lipinski definition) is 3. The number of halogens is 3. The SMILES string of the molecule is CC(CN)(CCCC(F)(F)F)NCCO. The summed E-state index contributed by atoms with van der Waals surface area (Å²) < 4.78 is 35.7. The summed E-state index contributed by atoms with van der Waals surface area (Å²) in [5.74, 6) is 0. The van der Waals surface area contributed by atoms with E-state index in [1.807, 2.05) is 0 Å². The number of aliphatic hydroxyl groups excluding tert-OH is 1. The Morgan fingerprint density at radius 1 is 1.27 bits per heavy atom. The lowest BCUT2D eigenvalue weighted by Crippen LogP contribution is -2.49. The summed E-state index contributed by atoms with van der Waals surface area (Å²) in [6.07, 6.45) is -4.49. The maximum Gasteiger partial charge on any atom is 0.389 e. The van der Waals surface area contributed by atoms with E-state index in [2.05, 4.69) is 5.32 Å². The zero-order chi connectivity index (χ0) is 11.9. The van der Waals surface area contributed by atoms with Gasteiger partial charge in [0, 0.05) is 25.0 Å². The molecule has 3 nitrogen and oxygen atoms in total. The summed E-state index contributed by atoms with van der Waals surface area (Å²) >= 11 is 0. The molecule has 1 atom stereocenters. The molecular weight excluding hydrogens is 209 g/mol. The van der Waals surface area contributed by atoms with Crippen molar-refractivity contribution in [2.24, 2.45) is 5.73 Å². The highest BCUT2D eigenvalue weighted by Crippen LogP contribution is 2.24. The topological polar surface area (TPSA) is 58.3 Å². The summed E-state index contributed by atoms with van der Waals surface area (Å²) in [6, 6.07) is 0. The number of nitrogens with one attached hydrogen (secondary N) is 1. The number of β-amino-alcohol motifs (C(OH)–C–C–N with tert-alkyl or cyclic N) is 1. The molecule has 0 saturated carbocycles. The minimum atomic E-state index is -4.10. The molecule has 0 saturated heterocycles. The van der Waals surface area contributed by atoms with Crippen molar-refractivity contribution in [1.82, 2.24) is 5.32 Å². The fourth-order valence-corrected chi connectivity index (χ4v) is 1.30. The lowest BCUT2D eigenvalue weighted by Gasteiger charge is -2.29. The van der Waals surface area contributed by atoms with Crippen molar-refractivity contribution in [2.75, 3.05) is 19.7 Å². The van der Waals surface area contributed by atoms with Gasteiger partial charge in [-0.1, -0.05) is 0 Å². The Kier molecular flexibility index (Phi) is 6.16. The highest BCUT2D eigenvalue weighted by molar-refractivity contribution is 4.84. The predicted molar refractivity (Wildman–Crippen MR) is 52.5 cm³/mol. The molecule has 4 N–H and O–H groups in total. The van der Waals surface area contributed by atoms with Gasteiger partial charge in [0.1, 0.15) is 0 Å². The van der Waals surface area contributed by atoms with Crippen LogP contribution in [0.1, 0.15) is 26.2 Å². The molecule has 0 rings (SSSR count). The molecule has 0 aromatic rings. The smallest absolute Gasteiger partial charge is 0.389 e. The van der Waals surface area contributed by atoms with Gasteiger partial charge in [-0.25, -0.2) is 0 Å². The van der Waals surface area contributed by atoms with Crippen LogP contribution in [0.25, 0.3) is 0 Å². The number of alkyl halides is 3. The predicted octanol–water partition coefficient (Wildman–Crippen LogP) is 1.02. The van der Waals surface area contributed by atoms with Crippen LogP contribution in [0.4, 0.5) is 13.2 Å². The molecule has 92 valence electrons. The van der Waals surface area contributed by atoms with Crippen LogP contribution in [-0.4, -0.2) is 36.5 Å². The second-order valence-electron chi connectivity index (χ2n) is 3.88. The second kappa shape index (κ2) is 6.30. The fraction of sp³-hybridized carbons (Fsp3) is 1.00. The molecule has 0 bridgehead atoms. The van der Waals surface area contributed by atoms with Crippen molar-refractivity contribution in [2.45, 2.75) is 37.9 Å². The van der Waals surface area contributed by atoms with Gasteiger partial charge in [-0.15, -0.1) is 0 Å². The quantitative estimate of drug-likeness (QED) is 0.609. The molecule has 0 spiro atoms. The van der Waals surface area contributed by atoms with Gasteiger partial charge < -0.3 is 16.2 Å². The number of nitrogens with two attached hydrogens (primary N) is 1. The number of hydrogen-bond acceptors (Lipinski definition) is 3. The lowest BCUT2D eigenvalue weighted by molar-refractivity contribution is -0.136. The van der Waals surface area contributed by atoms with Crippen molar-refractivity contribution in [1.29, 1.82) is 0 Å². The molecule has 1 unspecified atom stereocenters. The maximum atomic E-state index is 11.9. The van der Waals surface area contributed by atoms with Crippen LogP contribution in [0.3, 0.4) is 0 Å². The Hall–Kier alpha value is -0.330. The molecule has 0 radical (unpaired) electrons. The zero-order valence-electron chi connectivity index (χ0n) is 8.90. The minimum Gasteiger partial charge on any atom is -0.395 e. The van der Waals surface area contributed by atoms with E-state index in [1.165, 1.54) is 0 Å². The van der Waals surface area contributed by atoms with Crippen molar-refractivity contribution >= 4 is 0 Å². The monoisotopic (exact) mass is 228 g/mol. The van der Waals surface area contributed by atoms with E-state index in [0.717, 1.165) is 0 Å². The van der Waals surface area contributed by atoms with Crippen molar-refractivity contribution in [3.8, 4) is 0 Å². The van der Waals surface area contributed by atoms with Gasteiger partial charge in [0.25, 0.3) is 0 Å². The molecule has 15 heavy (non-hydrogen) atoms. The van der Waals surface area contributed by atoms with E-state index in [0.29, 0.717) is 13.0 Å². The molecule has 0 amide bonds. The number of rotatable bonds is 7. The Morgan fingerprint density at radius 2 is 1.87 bits per heavy atom. The first-order chi connectivity index (χ1) is 6.83. The first-order valence-corrected chi connectivity index (χ1v) is 4.96. The molecule has 0 fully saturated rings. The highest BCUT2D eigenvalue weighted by atomic mass is 19.4. The molecule has 0 aromatic carbocycles. The van der Waals surface area contributed by atoms with Crippen LogP contribution in [0.15, 0.2) is 0 Å². The number of aliphatic hydroxyl groups is 1. The van der Waals surface area contributed by atoms with E-state index >= 15 is 0 Å². The van der Waals surface area contributed by atoms with Gasteiger partial charge in [0.05, 0.1) is 6.61 Å². The van der Waals surface area contributed by atoms with Gasteiger partial charge in [0.15, 0.2) is 0 Å². The van der Waals surface area contributed by atoms with Crippen LogP contribution in [0.5, 0.6) is 0 Å². The highest BCUT2D eigenvalue weighted by Gasteiger charge is 2.29. The van der Waals surface area contributed by atoms with Gasteiger partial charge in [-0.05, 0) is 19.8 Å². The molecule has 6 heteroatoms. The van der Waals surface area contributed by atoms with Gasteiger partial charge in [0.2, 0.25) is 0 Å². The Morgan fingerprint density at radius 3 is 2.27 bits per heavy atom. The molecular formula is C9H19F3N2O. The third-order valence-corrected chi connectivity index (χ3v) is 2.30. The fourth-order valence-electron chi connectivity index (χ4n) is 1.30.